The van der Waals surface area contributed by atoms with E-state index in [2.05, 4.69) is 20.5 Å². The van der Waals surface area contributed by atoms with Crippen molar-refractivity contribution >= 4 is 17.5 Å². The minimum atomic E-state index is -0.152. The second-order valence-electron chi connectivity index (χ2n) is 8.34. The van der Waals surface area contributed by atoms with Gasteiger partial charge in [0.25, 0.3) is 11.8 Å². The molecule has 3 heterocycles. The van der Waals surface area contributed by atoms with Crippen LogP contribution >= 0.6 is 0 Å². The van der Waals surface area contributed by atoms with Gasteiger partial charge in [-0.1, -0.05) is 32.0 Å². The van der Waals surface area contributed by atoms with Gasteiger partial charge in [0.2, 0.25) is 0 Å². The lowest BCUT2D eigenvalue weighted by Crippen LogP contribution is -2.28. The maximum absolute atomic E-state index is 12.9. The standard InChI is InChI=1S/C24H27N5O2/c1-15(2)20-13-22(28-27-20)24(31)29-10-9-18(14-29)21-12-19(11-16(3)25-21)26-23(30)17-7-5-4-6-8-17/h4-8,11-13,15,18H,9-10,14H2,1-3H3,(H,27,28)(H,25,26,30). The predicted octanol–water partition coefficient (Wildman–Crippen LogP) is 4.12. The van der Waals surface area contributed by atoms with Crippen molar-refractivity contribution in [3.63, 3.8) is 0 Å². The number of hydrogen-bond acceptors (Lipinski definition) is 4. The molecule has 4 rings (SSSR count). The molecule has 2 amide bonds. The Hall–Kier alpha value is -3.48. The minimum absolute atomic E-state index is 0.0350. The molecule has 0 saturated carbocycles. The fraction of sp³-hybridized carbons (Fsp3) is 0.333. The van der Waals surface area contributed by atoms with Gasteiger partial charge in [-0.15, -0.1) is 0 Å². The van der Waals surface area contributed by atoms with Crippen LogP contribution in [0.1, 0.15) is 70.0 Å². The van der Waals surface area contributed by atoms with Crippen LogP contribution in [0.2, 0.25) is 0 Å². The van der Waals surface area contributed by atoms with E-state index < -0.39 is 0 Å². The number of H-pyrrole nitrogens is 1. The van der Waals surface area contributed by atoms with E-state index in [4.69, 9.17) is 0 Å². The third kappa shape index (κ3) is 4.66. The van der Waals surface area contributed by atoms with Crippen molar-refractivity contribution in [1.29, 1.82) is 0 Å². The molecule has 1 saturated heterocycles. The Kier molecular flexibility index (Phi) is 5.84. The first-order valence-electron chi connectivity index (χ1n) is 10.6. The number of amides is 2. The first-order valence-corrected chi connectivity index (χ1v) is 10.6. The van der Waals surface area contributed by atoms with Crippen LogP contribution < -0.4 is 5.32 Å². The van der Waals surface area contributed by atoms with Gasteiger partial charge in [-0.3, -0.25) is 19.7 Å². The molecule has 1 fully saturated rings. The topological polar surface area (TPSA) is 91.0 Å². The van der Waals surface area contributed by atoms with Crippen LogP contribution in [0.5, 0.6) is 0 Å². The molecule has 2 aromatic heterocycles. The molecule has 0 spiro atoms. The third-order valence-electron chi connectivity index (χ3n) is 5.58. The number of aromatic nitrogens is 3. The quantitative estimate of drug-likeness (QED) is 0.653. The van der Waals surface area contributed by atoms with Crippen molar-refractivity contribution in [2.75, 3.05) is 18.4 Å². The van der Waals surface area contributed by atoms with Crippen LogP contribution in [0.4, 0.5) is 5.69 Å². The second-order valence-corrected chi connectivity index (χ2v) is 8.34. The van der Waals surface area contributed by atoms with Gasteiger partial charge in [0, 0.05) is 41.6 Å². The number of likely N-dealkylation sites (tertiary alicyclic amines) is 1. The average Bonchev–Trinajstić information content (AvgIpc) is 3.44. The molecule has 0 aliphatic carbocycles. The highest BCUT2D eigenvalue weighted by Crippen LogP contribution is 2.29. The number of carbonyl (C=O) groups is 2. The van der Waals surface area contributed by atoms with Crippen LogP contribution in [-0.2, 0) is 0 Å². The monoisotopic (exact) mass is 417 g/mol. The predicted molar refractivity (Wildman–Crippen MR) is 119 cm³/mol. The van der Waals surface area contributed by atoms with Crippen molar-refractivity contribution in [3.05, 3.63) is 76.9 Å². The van der Waals surface area contributed by atoms with Crippen LogP contribution in [0.25, 0.3) is 0 Å². The Bertz CT molecular complexity index is 1090. The molecular formula is C24H27N5O2. The Balaban J connectivity index is 1.46. The molecule has 1 aliphatic rings. The van der Waals surface area contributed by atoms with E-state index >= 15 is 0 Å². The summed E-state index contributed by atoms with van der Waals surface area (Å²) < 4.78 is 0. The number of aryl methyl sites for hydroxylation is 1. The van der Waals surface area contributed by atoms with E-state index in [0.29, 0.717) is 24.3 Å². The Morgan fingerprint density at radius 2 is 1.94 bits per heavy atom. The molecule has 31 heavy (non-hydrogen) atoms. The highest BCUT2D eigenvalue weighted by molar-refractivity contribution is 6.04. The number of carbonyl (C=O) groups excluding carboxylic acids is 2. The molecule has 0 bridgehead atoms. The number of aromatic amines is 1. The van der Waals surface area contributed by atoms with Gasteiger partial charge >= 0.3 is 0 Å². The number of nitrogens with zero attached hydrogens (tertiary/aromatic N) is 3. The Morgan fingerprint density at radius 1 is 1.16 bits per heavy atom. The van der Waals surface area contributed by atoms with E-state index in [1.54, 1.807) is 12.1 Å². The molecular weight excluding hydrogens is 390 g/mol. The summed E-state index contributed by atoms with van der Waals surface area (Å²) in [5, 5.41) is 10.1. The van der Waals surface area contributed by atoms with E-state index in [1.165, 1.54) is 0 Å². The molecule has 1 atom stereocenters. The van der Waals surface area contributed by atoms with E-state index in [1.807, 2.05) is 62.1 Å². The lowest BCUT2D eigenvalue weighted by Gasteiger charge is -2.16. The number of hydrogen-bond donors (Lipinski definition) is 2. The van der Waals surface area contributed by atoms with Crippen molar-refractivity contribution in [2.24, 2.45) is 0 Å². The molecule has 1 unspecified atom stereocenters. The van der Waals surface area contributed by atoms with Crippen LogP contribution in [-0.4, -0.2) is 45.0 Å². The lowest BCUT2D eigenvalue weighted by molar-refractivity contribution is 0.0784. The van der Waals surface area contributed by atoms with Gasteiger partial charge in [-0.25, -0.2) is 0 Å². The van der Waals surface area contributed by atoms with E-state index in [0.717, 1.165) is 29.2 Å². The zero-order valence-electron chi connectivity index (χ0n) is 18.1. The van der Waals surface area contributed by atoms with Crippen molar-refractivity contribution in [3.8, 4) is 0 Å². The first kappa shape index (κ1) is 20.8. The summed E-state index contributed by atoms with van der Waals surface area (Å²) in [6, 6.07) is 14.7. The molecule has 160 valence electrons. The summed E-state index contributed by atoms with van der Waals surface area (Å²) in [4.78, 5) is 31.9. The molecule has 3 aromatic rings. The van der Waals surface area contributed by atoms with Crippen molar-refractivity contribution < 1.29 is 9.59 Å². The molecule has 7 nitrogen and oxygen atoms in total. The van der Waals surface area contributed by atoms with Gasteiger partial charge in [0.05, 0.1) is 5.69 Å². The molecule has 0 radical (unpaired) electrons. The Morgan fingerprint density at radius 3 is 2.65 bits per heavy atom. The van der Waals surface area contributed by atoms with Gasteiger partial charge < -0.3 is 10.2 Å². The fourth-order valence-electron chi connectivity index (χ4n) is 3.87. The highest BCUT2D eigenvalue weighted by atomic mass is 16.2. The second kappa shape index (κ2) is 8.71. The zero-order chi connectivity index (χ0) is 22.0. The number of anilines is 1. The summed E-state index contributed by atoms with van der Waals surface area (Å²) in [5.74, 6) is 0.210. The normalized spacial score (nSPS) is 16.0. The summed E-state index contributed by atoms with van der Waals surface area (Å²) >= 11 is 0. The first-order chi connectivity index (χ1) is 14.9. The Labute approximate surface area is 181 Å². The smallest absolute Gasteiger partial charge is 0.271 e. The van der Waals surface area contributed by atoms with E-state index in [9.17, 15) is 9.59 Å². The summed E-state index contributed by atoms with van der Waals surface area (Å²) in [6.45, 7) is 7.28. The minimum Gasteiger partial charge on any atom is -0.337 e. The molecule has 7 heteroatoms. The van der Waals surface area contributed by atoms with Crippen molar-refractivity contribution in [1.82, 2.24) is 20.1 Å². The summed E-state index contributed by atoms with van der Waals surface area (Å²) in [6.07, 6.45) is 0.833. The fourth-order valence-corrected chi connectivity index (χ4v) is 3.87. The van der Waals surface area contributed by atoms with Crippen molar-refractivity contribution in [2.45, 2.75) is 39.0 Å². The summed E-state index contributed by atoms with van der Waals surface area (Å²) in [5.41, 5.74) is 4.47. The maximum atomic E-state index is 12.9. The van der Waals surface area contributed by atoms with Gasteiger partial charge in [-0.2, -0.15) is 5.10 Å². The number of nitrogens with one attached hydrogen (secondary N) is 2. The number of benzene rings is 1. The van der Waals surface area contributed by atoms with E-state index in [-0.39, 0.29) is 23.7 Å². The summed E-state index contributed by atoms with van der Waals surface area (Å²) in [7, 11) is 0. The molecule has 1 aliphatic heterocycles. The van der Waals surface area contributed by atoms with Crippen LogP contribution in [0, 0.1) is 6.92 Å². The number of rotatable bonds is 5. The number of pyridine rings is 1. The van der Waals surface area contributed by atoms with Crippen LogP contribution in [0.3, 0.4) is 0 Å². The third-order valence-corrected chi connectivity index (χ3v) is 5.58. The highest BCUT2D eigenvalue weighted by Gasteiger charge is 2.30. The molecule has 1 aromatic carbocycles. The van der Waals surface area contributed by atoms with Gasteiger partial charge in [0.15, 0.2) is 0 Å². The lowest BCUT2D eigenvalue weighted by atomic mass is 10.0. The van der Waals surface area contributed by atoms with Gasteiger partial charge in [0.1, 0.15) is 5.69 Å². The largest absolute Gasteiger partial charge is 0.337 e. The van der Waals surface area contributed by atoms with Crippen LogP contribution in [0.15, 0.2) is 48.5 Å². The SMILES string of the molecule is Cc1cc(NC(=O)c2ccccc2)cc(C2CCN(C(=O)c3cc(C(C)C)n[nH]3)C2)n1. The molecule has 2 N–H and O–H groups in total. The maximum Gasteiger partial charge on any atom is 0.271 e. The zero-order valence-corrected chi connectivity index (χ0v) is 18.1. The van der Waals surface area contributed by atoms with Gasteiger partial charge in [-0.05, 0) is 49.6 Å². The average molecular weight is 418 g/mol.